The molecule has 11 rings (SSSR count). The highest BCUT2D eigenvalue weighted by Crippen LogP contribution is 2.49. The maximum atomic E-state index is 2.43. The van der Waals surface area contributed by atoms with Crippen molar-refractivity contribution in [3.05, 3.63) is 194 Å². The number of hydrogen-bond donors (Lipinski definition) is 0. The summed E-state index contributed by atoms with van der Waals surface area (Å²) >= 11 is 0. The molecule has 0 aliphatic rings. The Morgan fingerprint density at radius 1 is 0.173 bits per heavy atom. The lowest BCUT2D eigenvalue weighted by atomic mass is 9.81. The van der Waals surface area contributed by atoms with Crippen LogP contribution in [0.1, 0.15) is 0 Å². The van der Waals surface area contributed by atoms with E-state index in [0.29, 0.717) is 0 Å². The molecule has 240 valence electrons. The van der Waals surface area contributed by atoms with Crippen LogP contribution in [0.15, 0.2) is 194 Å². The minimum Gasteiger partial charge on any atom is -0.0616 e. The fraction of sp³-hybridized carbons (Fsp3) is 0. The highest BCUT2D eigenvalue weighted by atomic mass is 14.2. The van der Waals surface area contributed by atoms with Gasteiger partial charge in [0.2, 0.25) is 0 Å². The van der Waals surface area contributed by atoms with Gasteiger partial charge < -0.3 is 0 Å². The van der Waals surface area contributed by atoms with E-state index < -0.39 is 0 Å². The molecule has 0 fully saturated rings. The lowest BCUT2D eigenvalue weighted by Crippen LogP contribution is -1.94. The Hall–Kier alpha value is -6.76. The first-order valence-electron chi connectivity index (χ1n) is 18.1. The summed E-state index contributed by atoms with van der Waals surface area (Å²) < 4.78 is 0. The summed E-state index contributed by atoms with van der Waals surface area (Å²) in [6.45, 7) is 0. The molecule has 0 bridgehead atoms. The summed E-state index contributed by atoms with van der Waals surface area (Å²) in [4.78, 5) is 0. The van der Waals surface area contributed by atoms with Gasteiger partial charge in [0.05, 0.1) is 0 Å². The van der Waals surface area contributed by atoms with E-state index in [1.165, 1.54) is 109 Å². The molecule has 11 aromatic carbocycles. The van der Waals surface area contributed by atoms with Gasteiger partial charge in [-0.2, -0.15) is 0 Å². The van der Waals surface area contributed by atoms with E-state index in [2.05, 4.69) is 194 Å². The highest BCUT2D eigenvalue weighted by Gasteiger charge is 2.22. The normalized spacial score (nSPS) is 11.8. The predicted octanol–water partition coefficient (Wildman–Crippen LogP) is 14.8. The van der Waals surface area contributed by atoms with Crippen LogP contribution in [0.3, 0.4) is 0 Å². The molecule has 0 saturated heterocycles. The lowest BCUT2D eigenvalue weighted by Gasteiger charge is -2.22. The summed E-state index contributed by atoms with van der Waals surface area (Å²) in [6, 6.07) is 71.9. The minimum atomic E-state index is 1.25. The molecule has 0 amide bonds. The molecule has 0 atom stereocenters. The van der Waals surface area contributed by atoms with Crippen molar-refractivity contribution in [1.82, 2.24) is 0 Å². The maximum absolute atomic E-state index is 2.43. The van der Waals surface area contributed by atoms with Crippen LogP contribution in [0.5, 0.6) is 0 Å². The van der Waals surface area contributed by atoms with Gasteiger partial charge >= 0.3 is 0 Å². The molecule has 0 nitrogen and oxygen atoms in total. The average Bonchev–Trinajstić information content (AvgIpc) is 3.22. The zero-order valence-corrected chi connectivity index (χ0v) is 28.5. The molecule has 0 spiro atoms. The van der Waals surface area contributed by atoms with E-state index in [1.54, 1.807) is 0 Å². The lowest BCUT2D eigenvalue weighted by molar-refractivity contribution is 1.67. The summed E-state index contributed by atoms with van der Waals surface area (Å²) in [5, 5.41) is 17.8. The van der Waals surface area contributed by atoms with Crippen LogP contribution in [0, 0.1) is 0 Å². The molecule has 0 N–H and O–H groups in total. The fourth-order valence-electron chi connectivity index (χ4n) is 9.00. The van der Waals surface area contributed by atoms with Crippen LogP contribution in [-0.2, 0) is 0 Å². The average molecular weight is 657 g/mol. The van der Waals surface area contributed by atoms with Crippen LogP contribution in [-0.4, -0.2) is 0 Å². The van der Waals surface area contributed by atoms with Crippen LogP contribution >= 0.6 is 0 Å². The Kier molecular flexibility index (Phi) is 6.35. The number of rotatable bonds is 3. The predicted molar refractivity (Wildman–Crippen MR) is 225 cm³/mol. The van der Waals surface area contributed by atoms with E-state index in [9.17, 15) is 0 Å². The highest BCUT2D eigenvalue weighted by molar-refractivity contribution is 6.27. The van der Waals surface area contributed by atoms with Gasteiger partial charge in [-0.1, -0.05) is 182 Å². The first-order chi connectivity index (χ1) is 25.8. The minimum absolute atomic E-state index is 1.25. The van der Waals surface area contributed by atoms with Crippen molar-refractivity contribution in [3.8, 4) is 33.4 Å². The Morgan fingerprint density at radius 3 is 1.02 bits per heavy atom. The Balaban J connectivity index is 1.30. The zero-order valence-electron chi connectivity index (χ0n) is 28.5. The molecule has 0 aliphatic carbocycles. The van der Waals surface area contributed by atoms with Crippen LogP contribution in [0.2, 0.25) is 0 Å². The Morgan fingerprint density at radius 2 is 0.481 bits per heavy atom. The van der Waals surface area contributed by atoms with Gasteiger partial charge in [-0.05, 0) is 121 Å². The van der Waals surface area contributed by atoms with Crippen molar-refractivity contribution in [3.63, 3.8) is 0 Å². The molecule has 0 aliphatic heterocycles. The summed E-state index contributed by atoms with van der Waals surface area (Å²) in [5.74, 6) is 0. The van der Waals surface area contributed by atoms with E-state index in [4.69, 9.17) is 0 Å². The molecule has 0 radical (unpaired) electrons. The Labute approximate surface area is 301 Å². The van der Waals surface area contributed by atoms with Gasteiger partial charge in [-0.3, -0.25) is 0 Å². The largest absolute Gasteiger partial charge is 0.0616 e. The first kappa shape index (κ1) is 29.0. The van der Waals surface area contributed by atoms with Crippen LogP contribution in [0.4, 0.5) is 0 Å². The van der Waals surface area contributed by atoms with Gasteiger partial charge in [-0.25, -0.2) is 0 Å². The van der Waals surface area contributed by atoms with Crippen molar-refractivity contribution >= 4 is 75.4 Å². The molecule has 11 aromatic rings. The molecule has 0 unspecified atom stereocenters. The van der Waals surface area contributed by atoms with E-state index >= 15 is 0 Å². The fourth-order valence-corrected chi connectivity index (χ4v) is 9.00. The third-order valence-electron chi connectivity index (χ3n) is 11.2. The standard InChI is InChI=1S/C52H32/c1-3-17-35-33(15-1)31-49(43-23-7-5-19-37(35)43)44-29-13-28-42-39(44)27-14-30-48(42)51-46-25-11-9-21-40(46)41-22-10-12-26-47(41)52(51)50-32-34-16-2-4-18-36(34)38-20-6-8-24-45(38)50/h1-32H. The molecular formula is C52H32. The van der Waals surface area contributed by atoms with Gasteiger partial charge in [0.1, 0.15) is 0 Å². The third-order valence-corrected chi connectivity index (χ3v) is 11.2. The first-order valence-corrected chi connectivity index (χ1v) is 18.1. The molecule has 0 aromatic heterocycles. The number of benzene rings is 11. The number of hydrogen-bond acceptors (Lipinski definition) is 0. The van der Waals surface area contributed by atoms with E-state index in [1.807, 2.05) is 0 Å². The van der Waals surface area contributed by atoms with Crippen molar-refractivity contribution < 1.29 is 0 Å². The second kappa shape index (κ2) is 11.4. The summed E-state index contributed by atoms with van der Waals surface area (Å²) in [5.41, 5.74) is 7.59. The van der Waals surface area contributed by atoms with Gasteiger partial charge in [0.25, 0.3) is 0 Å². The molecular weight excluding hydrogens is 625 g/mol. The molecule has 0 heteroatoms. The maximum Gasteiger partial charge on any atom is -0.00137 e. The monoisotopic (exact) mass is 656 g/mol. The molecule has 52 heavy (non-hydrogen) atoms. The van der Waals surface area contributed by atoms with Crippen LogP contribution < -0.4 is 0 Å². The second-order valence-electron chi connectivity index (χ2n) is 13.9. The van der Waals surface area contributed by atoms with Crippen molar-refractivity contribution in [2.24, 2.45) is 0 Å². The Bertz CT molecular complexity index is 3240. The van der Waals surface area contributed by atoms with Crippen molar-refractivity contribution in [2.75, 3.05) is 0 Å². The smallest absolute Gasteiger partial charge is 0.00137 e. The zero-order chi connectivity index (χ0) is 34.2. The SMILES string of the molecule is c1ccc2c(c1)cc(-c1cccc3c(-c4c(-c5cc6ccccc6c6ccccc56)c5ccccc5c5ccccc45)cccc13)c1ccccc12. The van der Waals surface area contributed by atoms with E-state index in [0.717, 1.165) is 0 Å². The van der Waals surface area contributed by atoms with Gasteiger partial charge in [-0.15, -0.1) is 0 Å². The third kappa shape index (κ3) is 4.22. The van der Waals surface area contributed by atoms with Crippen molar-refractivity contribution in [1.29, 1.82) is 0 Å². The second-order valence-corrected chi connectivity index (χ2v) is 13.9. The number of fused-ring (bicyclic) bond motifs is 10. The topological polar surface area (TPSA) is 0 Å². The summed E-state index contributed by atoms with van der Waals surface area (Å²) in [6.07, 6.45) is 0. The quantitative estimate of drug-likeness (QED) is 0.166. The molecule has 0 saturated carbocycles. The molecule has 0 heterocycles. The van der Waals surface area contributed by atoms with Crippen molar-refractivity contribution in [2.45, 2.75) is 0 Å². The van der Waals surface area contributed by atoms with Gasteiger partial charge in [0.15, 0.2) is 0 Å². The van der Waals surface area contributed by atoms with Gasteiger partial charge in [0, 0.05) is 0 Å². The van der Waals surface area contributed by atoms with E-state index in [-0.39, 0.29) is 0 Å². The summed E-state index contributed by atoms with van der Waals surface area (Å²) in [7, 11) is 0. The van der Waals surface area contributed by atoms with Crippen LogP contribution in [0.25, 0.3) is 109 Å².